The van der Waals surface area contributed by atoms with Crippen molar-refractivity contribution in [1.82, 2.24) is 9.80 Å². The summed E-state index contributed by atoms with van der Waals surface area (Å²) < 4.78 is 0. The fourth-order valence-electron chi connectivity index (χ4n) is 2.80. The molecule has 1 aromatic rings. The number of likely N-dealkylation sites (tertiary alicyclic amines) is 1. The van der Waals surface area contributed by atoms with E-state index in [2.05, 4.69) is 25.9 Å². The first kappa shape index (κ1) is 14.0. The van der Waals surface area contributed by atoms with Crippen molar-refractivity contribution in [3.05, 3.63) is 35.9 Å². The van der Waals surface area contributed by atoms with Crippen LogP contribution in [0.1, 0.15) is 18.5 Å². The number of nitrogens with two attached hydrogens (primary N) is 1. The fraction of sp³-hybridized carbons (Fsp3) is 0.533. The maximum Gasteiger partial charge on any atom is 0.244 e. The van der Waals surface area contributed by atoms with Crippen molar-refractivity contribution in [2.24, 2.45) is 11.7 Å². The predicted molar refractivity (Wildman–Crippen MR) is 76.6 cm³/mol. The van der Waals surface area contributed by atoms with E-state index in [0.29, 0.717) is 12.0 Å². The minimum absolute atomic E-state index is 0.0300. The van der Waals surface area contributed by atoms with Crippen molar-refractivity contribution in [2.75, 3.05) is 27.2 Å². The Labute approximate surface area is 115 Å². The number of rotatable bonds is 3. The molecule has 1 amide bonds. The lowest BCUT2D eigenvalue weighted by Crippen LogP contribution is -2.39. The average Bonchev–Trinajstić information content (AvgIpc) is 2.80. The van der Waals surface area contributed by atoms with E-state index in [1.54, 1.807) is 0 Å². The minimum atomic E-state index is -0.547. The third-order valence-corrected chi connectivity index (χ3v) is 3.97. The van der Waals surface area contributed by atoms with Crippen molar-refractivity contribution >= 4 is 5.91 Å². The van der Waals surface area contributed by atoms with Gasteiger partial charge in [-0.1, -0.05) is 37.3 Å². The quantitative estimate of drug-likeness (QED) is 0.886. The van der Waals surface area contributed by atoms with Gasteiger partial charge in [-0.05, 0) is 25.6 Å². The molecule has 1 fully saturated rings. The molecule has 0 saturated carbocycles. The predicted octanol–water partition coefficient (Wildman–Crippen LogP) is 1.09. The molecule has 1 aliphatic rings. The van der Waals surface area contributed by atoms with Gasteiger partial charge in [-0.3, -0.25) is 4.79 Å². The highest BCUT2D eigenvalue weighted by atomic mass is 16.2. The number of amides is 1. The van der Waals surface area contributed by atoms with Crippen LogP contribution in [0.2, 0.25) is 0 Å². The fourth-order valence-corrected chi connectivity index (χ4v) is 2.80. The van der Waals surface area contributed by atoms with Crippen LogP contribution >= 0.6 is 0 Å². The molecule has 0 bridgehead atoms. The third-order valence-electron chi connectivity index (χ3n) is 3.97. The normalized spacial score (nSPS) is 24.8. The van der Waals surface area contributed by atoms with Gasteiger partial charge in [0.25, 0.3) is 0 Å². The summed E-state index contributed by atoms with van der Waals surface area (Å²) in [6.45, 7) is 3.75. The van der Waals surface area contributed by atoms with Crippen LogP contribution in [0.5, 0.6) is 0 Å². The molecule has 104 valence electrons. The lowest BCUT2D eigenvalue weighted by atomic mass is 10.1. The van der Waals surface area contributed by atoms with Crippen LogP contribution in [0.4, 0.5) is 0 Å². The Bertz CT molecular complexity index is 432. The van der Waals surface area contributed by atoms with Gasteiger partial charge >= 0.3 is 0 Å². The number of benzene rings is 1. The number of likely N-dealkylation sites (N-methyl/N-ethyl adjacent to an activating group) is 1. The first-order valence-electron chi connectivity index (χ1n) is 6.76. The summed E-state index contributed by atoms with van der Waals surface area (Å²) in [6.07, 6.45) is 0. The van der Waals surface area contributed by atoms with Crippen LogP contribution < -0.4 is 5.73 Å². The zero-order chi connectivity index (χ0) is 14.0. The summed E-state index contributed by atoms with van der Waals surface area (Å²) in [5.74, 6) is 0.518. The maximum absolute atomic E-state index is 12.4. The minimum Gasteiger partial charge on any atom is -0.339 e. The number of nitrogens with zero attached hydrogens (tertiary/aromatic N) is 2. The van der Waals surface area contributed by atoms with E-state index in [4.69, 9.17) is 5.73 Å². The summed E-state index contributed by atoms with van der Waals surface area (Å²) in [7, 11) is 4.12. The van der Waals surface area contributed by atoms with Crippen LogP contribution in [0.25, 0.3) is 0 Å². The highest BCUT2D eigenvalue weighted by Gasteiger charge is 2.35. The second-order valence-electron chi connectivity index (χ2n) is 5.64. The molecule has 0 aliphatic carbocycles. The van der Waals surface area contributed by atoms with Gasteiger partial charge in [0.2, 0.25) is 5.91 Å². The van der Waals surface area contributed by atoms with Gasteiger partial charge in [-0.25, -0.2) is 0 Å². The summed E-state index contributed by atoms with van der Waals surface area (Å²) in [5.41, 5.74) is 6.96. The van der Waals surface area contributed by atoms with E-state index in [-0.39, 0.29) is 5.91 Å². The molecular weight excluding hydrogens is 238 g/mol. The summed E-state index contributed by atoms with van der Waals surface area (Å²) in [4.78, 5) is 16.5. The van der Waals surface area contributed by atoms with Gasteiger partial charge in [0.1, 0.15) is 6.04 Å². The van der Waals surface area contributed by atoms with Crippen molar-refractivity contribution in [3.8, 4) is 0 Å². The lowest BCUT2D eigenvalue weighted by Gasteiger charge is -2.23. The molecule has 1 heterocycles. The molecule has 1 saturated heterocycles. The molecule has 1 aliphatic heterocycles. The monoisotopic (exact) mass is 261 g/mol. The Balaban J connectivity index is 2.05. The van der Waals surface area contributed by atoms with Crippen LogP contribution in [-0.4, -0.2) is 48.9 Å². The van der Waals surface area contributed by atoms with Crippen molar-refractivity contribution in [1.29, 1.82) is 0 Å². The molecule has 0 aromatic heterocycles. The lowest BCUT2D eigenvalue weighted by molar-refractivity contribution is -0.131. The van der Waals surface area contributed by atoms with Crippen LogP contribution in [0, 0.1) is 5.92 Å². The molecule has 0 radical (unpaired) electrons. The van der Waals surface area contributed by atoms with Gasteiger partial charge in [0.15, 0.2) is 0 Å². The highest BCUT2D eigenvalue weighted by Crippen LogP contribution is 2.23. The Kier molecular flexibility index (Phi) is 4.22. The molecule has 4 nitrogen and oxygen atoms in total. The van der Waals surface area contributed by atoms with Crippen LogP contribution in [-0.2, 0) is 4.79 Å². The number of hydrogen-bond donors (Lipinski definition) is 1. The van der Waals surface area contributed by atoms with E-state index < -0.39 is 6.04 Å². The highest BCUT2D eigenvalue weighted by molar-refractivity contribution is 5.83. The molecule has 2 unspecified atom stereocenters. The van der Waals surface area contributed by atoms with E-state index >= 15 is 0 Å². The molecule has 2 rings (SSSR count). The Morgan fingerprint density at radius 3 is 2.47 bits per heavy atom. The number of carbonyl (C=O) groups is 1. The Hall–Kier alpha value is -1.39. The Morgan fingerprint density at radius 2 is 1.95 bits per heavy atom. The maximum atomic E-state index is 12.4. The van der Waals surface area contributed by atoms with E-state index in [1.807, 2.05) is 35.2 Å². The molecule has 0 spiro atoms. The smallest absolute Gasteiger partial charge is 0.244 e. The third kappa shape index (κ3) is 2.96. The summed E-state index contributed by atoms with van der Waals surface area (Å²) in [5, 5.41) is 0. The van der Waals surface area contributed by atoms with Crippen LogP contribution in [0.15, 0.2) is 30.3 Å². The van der Waals surface area contributed by atoms with Crippen LogP contribution in [0.3, 0.4) is 0 Å². The first-order valence-corrected chi connectivity index (χ1v) is 6.76. The summed E-state index contributed by atoms with van der Waals surface area (Å²) >= 11 is 0. The zero-order valence-corrected chi connectivity index (χ0v) is 11.9. The van der Waals surface area contributed by atoms with E-state index in [9.17, 15) is 4.79 Å². The van der Waals surface area contributed by atoms with Crippen molar-refractivity contribution in [2.45, 2.75) is 19.0 Å². The number of hydrogen-bond acceptors (Lipinski definition) is 3. The summed E-state index contributed by atoms with van der Waals surface area (Å²) in [6, 6.07) is 9.45. The van der Waals surface area contributed by atoms with Gasteiger partial charge in [-0.15, -0.1) is 0 Å². The second kappa shape index (κ2) is 5.72. The second-order valence-corrected chi connectivity index (χ2v) is 5.64. The molecule has 1 aromatic carbocycles. The first-order chi connectivity index (χ1) is 9.00. The van der Waals surface area contributed by atoms with Gasteiger partial charge < -0.3 is 15.5 Å². The average molecular weight is 261 g/mol. The topological polar surface area (TPSA) is 49.6 Å². The molecule has 4 heteroatoms. The standard InChI is InChI=1S/C15H23N3O/c1-11-9-18(10-13(11)17(2)3)15(19)14(16)12-7-5-4-6-8-12/h4-8,11,13-14H,9-10,16H2,1-3H3/t11?,13?,14-/m1/s1. The molecular formula is C15H23N3O. The van der Waals surface area contributed by atoms with Crippen molar-refractivity contribution < 1.29 is 4.79 Å². The van der Waals surface area contributed by atoms with Gasteiger partial charge in [0, 0.05) is 19.1 Å². The largest absolute Gasteiger partial charge is 0.339 e. The zero-order valence-electron chi connectivity index (χ0n) is 11.9. The molecule has 19 heavy (non-hydrogen) atoms. The van der Waals surface area contributed by atoms with Crippen molar-refractivity contribution in [3.63, 3.8) is 0 Å². The number of carbonyl (C=O) groups excluding carboxylic acids is 1. The SMILES string of the molecule is CC1CN(C(=O)[C@H](N)c2ccccc2)CC1N(C)C. The van der Waals surface area contributed by atoms with E-state index in [1.165, 1.54) is 0 Å². The Morgan fingerprint density at radius 1 is 1.32 bits per heavy atom. The molecule has 3 atom stereocenters. The van der Waals surface area contributed by atoms with E-state index in [0.717, 1.165) is 18.7 Å². The van der Waals surface area contributed by atoms with Gasteiger partial charge in [0.05, 0.1) is 0 Å². The molecule has 2 N–H and O–H groups in total. The van der Waals surface area contributed by atoms with Gasteiger partial charge in [-0.2, -0.15) is 0 Å².